The van der Waals surface area contributed by atoms with Crippen molar-refractivity contribution in [2.45, 2.75) is 26.7 Å². The minimum Gasteiger partial charge on any atom is -0.493 e. The molecule has 1 aliphatic rings. The molecule has 2 aromatic carbocycles. The highest BCUT2D eigenvalue weighted by molar-refractivity contribution is 6.08. The zero-order chi connectivity index (χ0) is 23.1. The van der Waals surface area contributed by atoms with Gasteiger partial charge in [-0.1, -0.05) is 24.8 Å². The second kappa shape index (κ2) is 8.17. The predicted octanol–water partition coefficient (Wildman–Crippen LogP) is 5.91. The Morgan fingerprint density at radius 2 is 2.09 bits per heavy atom. The van der Waals surface area contributed by atoms with Gasteiger partial charge in [0.15, 0.2) is 0 Å². The monoisotopic (exact) mass is 436 g/mol. The fraction of sp³-hybridized carbons (Fsp3) is 0.179. The number of rotatable bonds is 5. The van der Waals surface area contributed by atoms with Crippen LogP contribution in [0.5, 0.6) is 5.75 Å². The van der Waals surface area contributed by atoms with Crippen molar-refractivity contribution in [1.29, 1.82) is 0 Å². The van der Waals surface area contributed by atoms with Crippen LogP contribution in [0.4, 0.5) is 0 Å². The fourth-order valence-electron chi connectivity index (χ4n) is 4.77. The highest BCUT2D eigenvalue weighted by Crippen LogP contribution is 2.42. The van der Waals surface area contributed by atoms with Crippen LogP contribution in [0.2, 0.25) is 0 Å². The number of hydrogen-bond donors (Lipinski definition) is 1. The van der Waals surface area contributed by atoms with Gasteiger partial charge in [-0.15, -0.1) is 0 Å². The maximum Gasteiger partial charge on any atom is 0.307 e. The molecule has 0 fully saturated rings. The lowest BCUT2D eigenvalue weighted by Crippen LogP contribution is -2.10. The second-order valence-corrected chi connectivity index (χ2v) is 8.23. The van der Waals surface area contributed by atoms with Crippen molar-refractivity contribution in [3.63, 3.8) is 0 Å². The molecule has 1 N–H and O–H groups in total. The Balaban J connectivity index is 1.88. The van der Waals surface area contributed by atoms with Crippen LogP contribution in [0.25, 0.3) is 38.5 Å². The Hall–Kier alpha value is -3.99. The maximum absolute atomic E-state index is 11.8. The molecule has 0 unspecified atom stereocenters. The quantitative estimate of drug-likeness (QED) is 0.394. The molecule has 3 heterocycles. The molecule has 5 rings (SSSR count). The van der Waals surface area contributed by atoms with Crippen LogP contribution in [0.1, 0.15) is 29.3 Å². The lowest BCUT2D eigenvalue weighted by molar-refractivity contribution is -0.136. The number of benzene rings is 2. The van der Waals surface area contributed by atoms with Crippen LogP contribution in [-0.2, 0) is 17.6 Å². The van der Waals surface area contributed by atoms with E-state index in [1.54, 1.807) is 6.08 Å². The summed E-state index contributed by atoms with van der Waals surface area (Å²) in [6, 6.07) is 12.0. The molecule has 0 spiro atoms. The largest absolute Gasteiger partial charge is 0.493 e. The van der Waals surface area contributed by atoms with Crippen LogP contribution in [0.3, 0.4) is 0 Å². The van der Waals surface area contributed by atoms with Crippen LogP contribution in [0, 0.1) is 6.92 Å². The van der Waals surface area contributed by atoms with Crippen molar-refractivity contribution in [2.75, 3.05) is 6.61 Å². The Bertz CT molecular complexity index is 1470. The van der Waals surface area contributed by atoms with Gasteiger partial charge in [-0.25, -0.2) is 4.98 Å². The third-order valence-corrected chi connectivity index (χ3v) is 6.32. The molecule has 0 atom stereocenters. The molecule has 0 amide bonds. The Morgan fingerprint density at radius 1 is 1.24 bits per heavy atom. The summed E-state index contributed by atoms with van der Waals surface area (Å²) in [5.74, 6) is -0.0471. The molecule has 0 radical (unpaired) electrons. The van der Waals surface area contributed by atoms with Gasteiger partial charge in [-0.05, 0) is 72.0 Å². The summed E-state index contributed by atoms with van der Waals surface area (Å²) in [4.78, 5) is 21.4. The number of aliphatic carboxylic acids is 1. The summed E-state index contributed by atoms with van der Waals surface area (Å²) in [5, 5.41) is 11.6. The molecule has 0 saturated carbocycles. The summed E-state index contributed by atoms with van der Waals surface area (Å²) < 4.78 is 5.90. The summed E-state index contributed by atoms with van der Waals surface area (Å²) in [5.41, 5.74) is 8.06. The van der Waals surface area contributed by atoms with Gasteiger partial charge in [-0.2, -0.15) is 0 Å². The van der Waals surface area contributed by atoms with E-state index in [9.17, 15) is 9.90 Å². The summed E-state index contributed by atoms with van der Waals surface area (Å²) in [6.07, 6.45) is 6.33. The number of hydrogen-bond acceptors (Lipinski definition) is 4. The van der Waals surface area contributed by atoms with Crippen molar-refractivity contribution >= 4 is 33.3 Å². The Labute approximate surface area is 192 Å². The average molecular weight is 437 g/mol. The van der Waals surface area contributed by atoms with Gasteiger partial charge >= 0.3 is 5.97 Å². The third kappa shape index (κ3) is 3.46. The number of aryl methyl sites for hydroxylation is 1. The SMILES string of the molecule is C=C/C(=C\C)c1ccc2c(-c3ccc4c5c(ccnc35)CCO4)c(CC(=O)O)c(C)cc2n1. The van der Waals surface area contributed by atoms with Crippen molar-refractivity contribution in [2.24, 2.45) is 0 Å². The van der Waals surface area contributed by atoms with Gasteiger partial charge in [0.05, 0.1) is 29.8 Å². The smallest absolute Gasteiger partial charge is 0.307 e. The topological polar surface area (TPSA) is 72.3 Å². The lowest BCUT2D eigenvalue weighted by atomic mass is 9.87. The normalized spacial score (nSPS) is 13.2. The second-order valence-electron chi connectivity index (χ2n) is 8.23. The number of pyridine rings is 2. The molecule has 4 aromatic rings. The van der Waals surface area contributed by atoms with E-state index in [1.165, 1.54) is 5.56 Å². The first kappa shape index (κ1) is 20.9. The molecule has 33 heavy (non-hydrogen) atoms. The Kier molecular flexibility index (Phi) is 5.17. The number of carbonyl (C=O) groups is 1. The highest BCUT2D eigenvalue weighted by atomic mass is 16.5. The molecule has 0 bridgehead atoms. The number of allylic oxidation sites excluding steroid dienone is 3. The molecule has 0 aliphatic carbocycles. The summed E-state index contributed by atoms with van der Waals surface area (Å²) >= 11 is 0. The number of ether oxygens (including phenoxy) is 1. The first-order valence-electron chi connectivity index (χ1n) is 11.0. The van der Waals surface area contributed by atoms with E-state index in [0.717, 1.165) is 67.5 Å². The van der Waals surface area contributed by atoms with E-state index < -0.39 is 5.97 Å². The van der Waals surface area contributed by atoms with E-state index in [2.05, 4.69) is 6.58 Å². The van der Waals surface area contributed by atoms with E-state index in [0.29, 0.717) is 6.61 Å². The zero-order valence-corrected chi connectivity index (χ0v) is 18.7. The standard InChI is InChI=1S/C28H24N2O3/c1-4-17(5-2)22-8-6-19-23(30-22)14-16(3)21(15-25(31)32)27(19)20-7-9-24-26-18(11-13-33-24)10-12-29-28(20)26/h4-10,12,14H,1,11,13,15H2,2-3H3,(H,31,32)/b17-5+. The summed E-state index contributed by atoms with van der Waals surface area (Å²) in [7, 11) is 0. The van der Waals surface area contributed by atoms with Gasteiger partial charge in [0.25, 0.3) is 0 Å². The van der Waals surface area contributed by atoms with Crippen molar-refractivity contribution in [1.82, 2.24) is 9.97 Å². The van der Waals surface area contributed by atoms with E-state index in [4.69, 9.17) is 14.7 Å². The number of nitrogens with zero attached hydrogens (tertiary/aromatic N) is 2. The van der Waals surface area contributed by atoms with E-state index in [1.807, 2.05) is 62.5 Å². The van der Waals surface area contributed by atoms with Crippen LogP contribution in [-0.4, -0.2) is 27.7 Å². The lowest BCUT2D eigenvalue weighted by Gasteiger charge is -2.21. The molecular formula is C28H24N2O3. The van der Waals surface area contributed by atoms with Gasteiger partial charge in [0.1, 0.15) is 5.75 Å². The van der Waals surface area contributed by atoms with Crippen LogP contribution >= 0.6 is 0 Å². The maximum atomic E-state index is 11.8. The van der Waals surface area contributed by atoms with E-state index >= 15 is 0 Å². The molecule has 2 aromatic heterocycles. The predicted molar refractivity (Wildman–Crippen MR) is 132 cm³/mol. The number of carboxylic acids is 1. The Morgan fingerprint density at radius 3 is 2.85 bits per heavy atom. The molecule has 1 aliphatic heterocycles. The molecule has 0 saturated heterocycles. The van der Waals surface area contributed by atoms with E-state index in [-0.39, 0.29) is 6.42 Å². The van der Waals surface area contributed by atoms with Gasteiger partial charge in [0, 0.05) is 29.0 Å². The molecular weight excluding hydrogens is 412 g/mol. The van der Waals surface area contributed by atoms with Crippen LogP contribution in [0.15, 0.2) is 61.3 Å². The first-order valence-corrected chi connectivity index (χ1v) is 11.0. The third-order valence-electron chi connectivity index (χ3n) is 6.32. The van der Waals surface area contributed by atoms with Crippen molar-refractivity contribution in [3.8, 4) is 16.9 Å². The first-order chi connectivity index (χ1) is 16.0. The minimum absolute atomic E-state index is 0.0783. The molecule has 164 valence electrons. The van der Waals surface area contributed by atoms with Gasteiger partial charge < -0.3 is 9.84 Å². The van der Waals surface area contributed by atoms with Gasteiger partial charge in [0.2, 0.25) is 0 Å². The van der Waals surface area contributed by atoms with Gasteiger partial charge in [-0.3, -0.25) is 9.78 Å². The zero-order valence-electron chi connectivity index (χ0n) is 18.7. The minimum atomic E-state index is -0.870. The molecule has 5 nitrogen and oxygen atoms in total. The highest BCUT2D eigenvalue weighted by Gasteiger charge is 2.22. The van der Waals surface area contributed by atoms with Crippen molar-refractivity contribution in [3.05, 3.63) is 83.7 Å². The van der Waals surface area contributed by atoms with Crippen LogP contribution < -0.4 is 4.74 Å². The fourth-order valence-corrected chi connectivity index (χ4v) is 4.77. The summed E-state index contributed by atoms with van der Waals surface area (Å²) in [6.45, 7) is 8.44. The number of aromatic nitrogens is 2. The average Bonchev–Trinajstić information content (AvgIpc) is 2.81. The molecule has 5 heteroatoms. The number of carboxylic acid groups (broad SMARTS) is 1. The number of fused-ring (bicyclic) bond motifs is 1. The van der Waals surface area contributed by atoms with Crippen molar-refractivity contribution < 1.29 is 14.6 Å².